The van der Waals surface area contributed by atoms with Crippen LogP contribution in [0.4, 0.5) is 0 Å². The molecular weight excluding hydrogens is 416 g/mol. The standard InChI is InChI=1S/C28H32O5/c1-30-24-14-12-23(13-15-24)20-33-28-26(29)16-25(31-18-21-8-4-2-5-9-21)17-27(28)32-19-22-10-6-3-7-11-22/h2-15,25-29H,16-20H2,1H3/t25-,26+,27+,28?/m0/s1. The number of hydrogen-bond donors (Lipinski definition) is 1. The third-order valence-electron chi connectivity index (χ3n) is 5.98. The van der Waals surface area contributed by atoms with Gasteiger partial charge in [0.05, 0.1) is 45.2 Å². The van der Waals surface area contributed by atoms with Crippen molar-refractivity contribution in [1.82, 2.24) is 0 Å². The third kappa shape index (κ3) is 6.89. The molecule has 5 nitrogen and oxygen atoms in total. The van der Waals surface area contributed by atoms with E-state index >= 15 is 0 Å². The number of aliphatic hydroxyl groups excluding tert-OH is 1. The van der Waals surface area contributed by atoms with Gasteiger partial charge in [0.15, 0.2) is 0 Å². The topological polar surface area (TPSA) is 57.2 Å². The van der Waals surface area contributed by atoms with Crippen LogP contribution in [0.15, 0.2) is 84.9 Å². The summed E-state index contributed by atoms with van der Waals surface area (Å²) in [5, 5.41) is 11.0. The first-order chi connectivity index (χ1) is 16.2. The predicted molar refractivity (Wildman–Crippen MR) is 127 cm³/mol. The van der Waals surface area contributed by atoms with Crippen LogP contribution in [0, 0.1) is 0 Å². The molecule has 0 saturated heterocycles. The van der Waals surface area contributed by atoms with E-state index in [1.165, 1.54) is 0 Å². The third-order valence-corrected chi connectivity index (χ3v) is 5.98. The molecule has 33 heavy (non-hydrogen) atoms. The minimum atomic E-state index is -0.668. The second-order valence-corrected chi connectivity index (χ2v) is 8.42. The van der Waals surface area contributed by atoms with E-state index in [0.29, 0.717) is 32.7 Å². The van der Waals surface area contributed by atoms with E-state index in [2.05, 4.69) is 0 Å². The van der Waals surface area contributed by atoms with Crippen molar-refractivity contribution >= 4 is 0 Å². The highest BCUT2D eigenvalue weighted by atomic mass is 16.6. The van der Waals surface area contributed by atoms with Crippen LogP contribution in [0.3, 0.4) is 0 Å². The number of hydrogen-bond acceptors (Lipinski definition) is 5. The highest BCUT2D eigenvalue weighted by molar-refractivity contribution is 5.26. The Hall–Kier alpha value is -2.70. The SMILES string of the molecule is COc1ccc(COC2[C@H](O)C[C@H](OCc3ccccc3)C[C@H]2OCc2ccccc2)cc1. The monoisotopic (exact) mass is 448 g/mol. The average Bonchev–Trinajstić information content (AvgIpc) is 2.87. The molecule has 4 atom stereocenters. The van der Waals surface area contributed by atoms with Gasteiger partial charge in [0.25, 0.3) is 0 Å². The first-order valence-electron chi connectivity index (χ1n) is 11.4. The molecule has 0 aliphatic heterocycles. The number of benzene rings is 3. The van der Waals surface area contributed by atoms with E-state index in [1.807, 2.05) is 84.9 Å². The summed E-state index contributed by atoms with van der Waals surface area (Å²) in [5.74, 6) is 0.805. The van der Waals surface area contributed by atoms with Crippen LogP contribution in [-0.4, -0.2) is 36.6 Å². The molecular formula is C28H32O5. The van der Waals surface area contributed by atoms with Crippen molar-refractivity contribution < 1.29 is 24.1 Å². The number of aliphatic hydroxyl groups is 1. The average molecular weight is 449 g/mol. The Bertz CT molecular complexity index is 945. The molecule has 1 aliphatic rings. The molecule has 4 rings (SSSR count). The summed E-state index contributed by atoms with van der Waals surface area (Å²) < 4.78 is 23.8. The normalized spacial score (nSPS) is 22.7. The van der Waals surface area contributed by atoms with Gasteiger partial charge in [0, 0.05) is 12.8 Å². The highest BCUT2D eigenvalue weighted by Gasteiger charge is 2.39. The molecule has 0 amide bonds. The Morgan fingerprint density at radius 3 is 1.82 bits per heavy atom. The maximum absolute atomic E-state index is 11.0. The smallest absolute Gasteiger partial charge is 0.118 e. The van der Waals surface area contributed by atoms with Crippen molar-refractivity contribution in [2.75, 3.05) is 7.11 Å². The van der Waals surface area contributed by atoms with Crippen molar-refractivity contribution in [2.24, 2.45) is 0 Å². The second-order valence-electron chi connectivity index (χ2n) is 8.42. The van der Waals surface area contributed by atoms with Gasteiger partial charge in [0.1, 0.15) is 11.9 Å². The first kappa shape index (κ1) is 23.5. The van der Waals surface area contributed by atoms with Crippen LogP contribution < -0.4 is 4.74 Å². The summed E-state index contributed by atoms with van der Waals surface area (Å²) in [6.45, 7) is 1.37. The lowest BCUT2D eigenvalue weighted by Crippen LogP contribution is -2.49. The van der Waals surface area contributed by atoms with Crippen molar-refractivity contribution in [2.45, 2.75) is 57.1 Å². The lowest BCUT2D eigenvalue weighted by Gasteiger charge is -2.39. The van der Waals surface area contributed by atoms with Crippen LogP contribution in [0.2, 0.25) is 0 Å². The molecule has 5 heteroatoms. The zero-order valence-corrected chi connectivity index (χ0v) is 19.0. The van der Waals surface area contributed by atoms with Gasteiger partial charge in [-0.15, -0.1) is 0 Å². The van der Waals surface area contributed by atoms with E-state index in [0.717, 1.165) is 22.4 Å². The molecule has 174 valence electrons. The molecule has 3 aromatic carbocycles. The summed E-state index contributed by atoms with van der Waals surface area (Å²) in [6, 6.07) is 27.9. The van der Waals surface area contributed by atoms with E-state index in [-0.39, 0.29) is 12.2 Å². The maximum atomic E-state index is 11.0. The molecule has 0 bridgehead atoms. The molecule has 1 fully saturated rings. The fourth-order valence-corrected chi connectivity index (χ4v) is 4.14. The van der Waals surface area contributed by atoms with Crippen LogP contribution in [0.1, 0.15) is 29.5 Å². The maximum Gasteiger partial charge on any atom is 0.118 e. The molecule has 1 aliphatic carbocycles. The van der Waals surface area contributed by atoms with Crippen molar-refractivity contribution in [3.63, 3.8) is 0 Å². The van der Waals surface area contributed by atoms with Crippen LogP contribution >= 0.6 is 0 Å². The minimum Gasteiger partial charge on any atom is -0.497 e. The summed E-state index contributed by atoms with van der Waals surface area (Å²) in [6.07, 6.45) is -0.268. The van der Waals surface area contributed by atoms with Crippen LogP contribution in [0.5, 0.6) is 5.75 Å². The summed E-state index contributed by atoms with van der Waals surface area (Å²) in [4.78, 5) is 0. The molecule has 1 saturated carbocycles. The zero-order valence-electron chi connectivity index (χ0n) is 19.0. The van der Waals surface area contributed by atoms with Gasteiger partial charge in [-0.25, -0.2) is 0 Å². The minimum absolute atomic E-state index is 0.0955. The number of methoxy groups -OCH3 is 1. The molecule has 3 aromatic rings. The fraction of sp³-hybridized carbons (Fsp3) is 0.357. The number of ether oxygens (including phenoxy) is 4. The molecule has 0 heterocycles. The fourth-order valence-electron chi connectivity index (χ4n) is 4.14. The molecule has 0 aromatic heterocycles. The predicted octanol–water partition coefficient (Wildman–Crippen LogP) is 4.91. The zero-order chi connectivity index (χ0) is 22.9. The van der Waals surface area contributed by atoms with Gasteiger partial charge < -0.3 is 24.1 Å². The Morgan fingerprint density at radius 2 is 1.21 bits per heavy atom. The van der Waals surface area contributed by atoms with E-state index in [4.69, 9.17) is 18.9 Å². The summed E-state index contributed by atoms with van der Waals surface area (Å²) >= 11 is 0. The molecule has 0 radical (unpaired) electrons. The van der Waals surface area contributed by atoms with E-state index in [9.17, 15) is 5.11 Å². The number of rotatable bonds is 10. The van der Waals surface area contributed by atoms with Gasteiger partial charge in [-0.05, 0) is 28.8 Å². The van der Waals surface area contributed by atoms with Gasteiger partial charge in [-0.1, -0.05) is 72.8 Å². The molecule has 1 N–H and O–H groups in total. The van der Waals surface area contributed by atoms with Crippen LogP contribution in [-0.2, 0) is 34.0 Å². The molecule has 0 spiro atoms. The van der Waals surface area contributed by atoms with Crippen molar-refractivity contribution in [1.29, 1.82) is 0 Å². The van der Waals surface area contributed by atoms with E-state index in [1.54, 1.807) is 7.11 Å². The lowest BCUT2D eigenvalue weighted by atomic mass is 9.89. The Labute approximate surface area is 195 Å². The van der Waals surface area contributed by atoms with Gasteiger partial charge >= 0.3 is 0 Å². The Morgan fingerprint density at radius 1 is 0.667 bits per heavy atom. The Balaban J connectivity index is 1.39. The van der Waals surface area contributed by atoms with Gasteiger partial charge in [-0.3, -0.25) is 0 Å². The Kier molecular flexibility index (Phi) is 8.50. The molecule has 1 unspecified atom stereocenters. The second kappa shape index (κ2) is 12.0. The van der Waals surface area contributed by atoms with Crippen molar-refractivity contribution in [3.8, 4) is 5.75 Å². The van der Waals surface area contributed by atoms with Gasteiger partial charge in [-0.2, -0.15) is 0 Å². The summed E-state index contributed by atoms with van der Waals surface area (Å²) in [7, 11) is 1.65. The van der Waals surface area contributed by atoms with Gasteiger partial charge in [0.2, 0.25) is 0 Å². The van der Waals surface area contributed by atoms with Crippen LogP contribution in [0.25, 0.3) is 0 Å². The van der Waals surface area contributed by atoms with Crippen molar-refractivity contribution in [3.05, 3.63) is 102 Å². The highest BCUT2D eigenvalue weighted by Crippen LogP contribution is 2.29. The summed E-state index contributed by atoms with van der Waals surface area (Å²) in [5.41, 5.74) is 3.23. The lowest BCUT2D eigenvalue weighted by molar-refractivity contribution is -0.180. The first-order valence-corrected chi connectivity index (χ1v) is 11.4. The van der Waals surface area contributed by atoms with E-state index < -0.39 is 12.2 Å². The quantitative estimate of drug-likeness (QED) is 0.478. The largest absolute Gasteiger partial charge is 0.497 e.